The normalized spacial score (nSPS) is 17.4. The van der Waals surface area contributed by atoms with Crippen molar-refractivity contribution >= 4 is 37.0 Å². The second-order valence-corrected chi connectivity index (χ2v) is 12.4. The van der Waals surface area contributed by atoms with E-state index in [1.807, 2.05) is 17.9 Å². The van der Waals surface area contributed by atoms with Crippen LogP contribution in [-0.2, 0) is 29.1 Å². The molecule has 3 aliphatic rings. The number of rotatable bonds is 12. The molecule has 1 atom stereocenters. The maximum absolute atomic E-state index is 13.4. The van der Waals surface area contributed by atoms with Crippen molar-refractivity contribution < 1.29 is 28.6 Å². The molecule has 2 aromatic heterocycles. The van der Waals surface area contributed by atoms with Crippen LogP contribution < -0.4 is 15.0 Å². The van der Waals surface area contributed by atoms with E-state index in [1.165, 1.54) is 17.5 Å². The number of aliphatic hydroxyl groups is 1. The molecule has 1 amide bonds. The number of aryl methyl sites for hydroxylation is 1. The second kappa shape index (κ2) is 15.5. The molecule has 2 N–H and O–H groups in total. The van der Waals surface area contributed by atoms with Gasteiger partial charge in [0.1, 0.15) is 23.9 Å². The smallest absolute Gasteiger partial charge is 0.228 e. The van der Waals surface area contributed by atoms with Crippen LogP contribution in [0.4, 0.5) is 11.8 Å². The Hall–Kier alpha value is -3.72. The summed E-state index contributed by atoms with van der Waals surface area (Å²) in [5.74, 6) is 2.53. The van der Waals surface area contributed by atoms with Gasteiger partial charge in [0.2, 0.25) is 11.9 Å². The average molecular weight is 668 g/mol. The molecule has 0 bridgehead atoms. The monoisotopic (exact) mass is 667 g/mol. The van der Waals surface area contributed by atoms with E-state index in [2.05, 4.69) is 38.2 Å². The summed E-state index contributed by atoms with van der Waals surface area (Å²) in [5, 5.41) is 14.3. The number of likely N-dealkylation sites (tertiary alicyclic amines) is 1. The number of Topliss-reactive ketones (excluding diaryl/α,β-unsaturated/α-hetero) is 1. The van der Waals surface area contributed by atoms with E-state index in [-0.39, 0.29) is 37.6 Å². The molecule has 6 rings (SSSR count). The number of amides is 1. The lowest BCUT2D eigenvalue weighted by molar-refractivity contribution is -0.132. The van der Waals surface area contributed by atoms with E-state index in [1.54, 1.807) is 17.9 Å². The summed E-state index contributed by atoms with van der Waals surface area (Å²) in [6.07, 6.45) is 2.16. The third-order valence-electron chi connectivity index (χ3n) is 9.07. The zero-order valence-electron chi connectivity index (χ0n) is 27.3. The quantitative estimate of drug-likeness (QED) is 0.274. The molecule has 0 saturated carbocycles. The van der Waals surface area contributed by atoms with Gasteiger partial charge in [0, 0.05) is 65.2 Å². The van der Waals surface area contributed by atoms with E-state index < -0.39 is 6.10 Å². The number of β-amino-alcohol motifs (C(OH)–C–C–N with tert-alkyl or cyclic N) is 1. The minimum Gasteiger partial charge on any atom is -0.485 e. The van der Waals surface area contributed by atoms with Gasteiger partial charge < -0.3 is 34.1 Å². The summed E-state index contributed by atoms with van der Waals surface area (Å²) in [6.45, 7) is 11.5. The molecule has 3 aromatic rings. The van der Waals surface area contributed by atoms with Gasteiger partial charge in [-0.15, -0.1) is 0 Å². The van der Waals surface area contributed by atoms with Crippen LogP contribution in [-0.4, -0.2) is 106 Å². The highest BCUT2D eigenvalue weighted by Gasteiger charge is 2.29. The molecular weight excluding hydrogens is 622 g/mol. The van der Waals surface area contributed by atoms with Gasteiger partial charge in [0.25, 0.3) is 0 Å². The molecule has 0 unspecified atom stereocenters. The molecular formula is C33H45N7O6S. The highest BCUT2D eigenvalue weighted by atomic mass is 32.1. The number of nitrogens with zero attached hydrogens (tertiary/aromatic N) is 6. The molecule has 0 radical (unpaired) electrons. The predicted octanol–water partition coefficient (Wildman–Crippen LogP) is 2.63. The zero-order valence-corrected chi connectivity index (χ0v) is 28.3. The molecule has 0 aliphatic carbocycles. The van der Waals surface area contributed by atoms with E-state index in [9.17, 15) is 14.7 Å². The van der Waals surface area contributed by atoms with Gasteiger partial charge in [0.15, 0.2) is 17.9 Å². The van der Waals surface area contributed by atoms with Crippen molar-refractivity contribution in [2.45, 2.75) is 65.3 Å². The van der Waals surface area contributed by atoms with E-state index >= 15 is 0 Å². The topological polar surface area (TPSA) is 146 Å². The van der Waals surface area contributed by atoms with Crippen molar-refractivity contribution in [2.75, 3.05) is 62.7 Å². The summed E-state index contributed by atoms with van der Waals surface area (Å²) in [5.41, 5.74) is 4.80. The van der Waals surface area contributed by atoms with Gasteiger partial charge in [-0.1, -0.05) is 6.07 Å². The van der Waals surface area contributed by atoms with Crippen LogP contribution in [0.1, 0.15) is 58.4 Å². The standard InChI is InChI=1S/C33H43N7O6.H2S/c1-21-27-8-9-38(15-24(27)4-7-30(21)45-19-31-22(2)34-20-46-31)18-26(42)5-6-29(43)28-14-32(35-25-16-40(17-25)23(3)41)37-33(36-28)39-10-12-44-13-11-39;/h4,7,14,20,25-26,42H,5-6,8-13,15-19H2,1-3H3,(H,35,36,37);1H2/t26-;/m0./s1. The minimum absolute atomic E-state index is 0. The highest BCUT2D eigenvalue weighted by molar-refractivity contribution is 7.59. The fourth-order valence-corrected chi connectivity index (χ4v) is 6.21. The van der Waals surface area contributed by atoms with Crippen LogP contribution in [0.5, 0.6) is 5.75 Å². The lowest BCUT2D eigenvalue weighted by atomic mass is 9.94. The van der Waals surface area contributed by atoms with Crippen molar-refractivity contribution in [1.29, 1.82) is 0 Å². The van der Waals surface area contributed by atoms with Crippen molar-refractivity contribution in [3.8, 4) is 5.75 Å². The van der Waals surface area contributed by atoms with Crippen molar-refractivity contribution in [1.82, 2.24) is 24.8 Å². The van der Waals surface area contributed by atoms with Gasteiger partial charge in [-0.25, -0.2) is 9.97 Å². The predicted molar refractivity (Wildman–Crippen MR) is 180 cm³/mol. The number of carbonyl (C=O) groups is 2. The largest absolute Gasteiger partial charge is 0.485 e. The second-order valence-electron chi connectivity index (χ2n) is 12.4. The van der Waals surface area contributed by atoms with Crippen LogP contribution in [0.3, 0.4) is 0 Å². The Morgan fingerprint density at radius 3 is 2.66 bits per heavy atom. The van der Waals surface area contributed by atoms with Gasteiger partial charge in [0.05, 0.1) is 31.1 Å². The first kappa shape index (κ1) is 34.6. The number of hydrogen-bond acceptors (Lipinski definition) is 12. The number of aliphatic hydroxyl groups excluding tert-OH is 1. The number of anilines is 2. The lowest BCUT2D eigenvalue weighted by Crippen LogP contribution is -2.56. The fraction of sp³-hybridized carbons (Fsp3) is 0.545. The van der Waals surface area contributed by atoms with E-state index in [0.29, 0.717) is 76.4 Å². The summed E-state index contributed by atoms with van der Waals surface area (Å²) >= 11 is 0. The van der Waals surface area contributed by atoms with Crippen LogP contribution in [0.25, 0.3) is 0 Å². The fourth-order valence-electron chi connectivity index (χ4n) is 6.21. The number of benzene rings is 1. The first-order valence-electron chi connectivity index (χ1n) is 16.0. The molecule has 3 aliphatic heterocycles. The van der Waals surface area contributed by atoms with Crippen LogP contribution >= 0.6 is 13.5 Å². The minimum atomic E-state index is -0.648. The Morgan fingerprint density at radius 1 is 1.15 bits per heavy atom. The molecule has 14 heteroatoms. The van der Waals surface area contributed by atoms with Crippen molar-refractivity contribution in [3.63, 3.8) is 0 Å². The Kier molecular flexibility index (Phi) is 11.4. The number of nitrogens with one attached hydrogen (secondary N) is 1. The van der Waals surface area contributed by atoms with Gasteiger partial charge in [-0.3, -0.25) is 14.5 Å². The third kappa shape index (κ3) is 8.42. The number of fused-ring (bicyclic) bond motifs is 1. The molecule has 0 spiro atoms. The number of carbonyl (C=O) groups excluding carboxylic acids is 2. The van der Waals surface area contributed by atoms with Crippen LogP contribution in [0, 0.1) is 13.8 Å². The van der Waals surface area contributed by atoms with E-state index in [4.69, 9.17) is 13.9 Å². The number of oxazole rings is 1. The van der Waals surface area contributed by atoms with Gasteiger partial charge in [-0.2, -0.15) is 18.5 Å². The Bertz CT molecular complexity index is 1560. The first-order valence-corrected chi connectivity index (χ1v) is 16.0. The number of morpholine rings is 1. The Balaban J connectivity index is 0.00000433. The molecule has 254 valence electrons. The third-order valence-corrected chi connectivity index (χ3v) is 9.07. The molecule has 13 nitrogen and oxygen atoms in total. The lowest BCUT2D eigenvalue weighted by Gasteiger charge is -2.39. The number of ether oxygens (including phenoxy) is 2. The summed E-state index contributed by atoms with van der Waals surface area (Å²) < 4.78 is 16.9. The van der Waals surface area contributed by atoms with Crippen LogP contribution in [0.15, 0.2) is 29.0 Å². The first-order chi connectivity index (χ1) is 22.2. The molecule has 47 heavy (non-hydrogen) atoms. The maximum atomic E-state index is 13.4. The summed E-state index contributed by atoms with van der Waals surface area (Å²) in [6, 6.07) is 5.85. The summed E-state index contributed by atoms with van der Waals surface area (Å²) in [7, 11) is 0. The number of ketones is 1. The van der Waals surface area contributed by atoms with Gasteiger partial charge in [-0.05, 0) is 49.4 Å². The highest BCUT2D eigenvalue weighted by Crippen LogP contribution is 2.30. The Labute approximate surface area is 282 Å². The van der Waals surface area contributed by atoms with Crippen LogP contribution in [0.2, 0.25) is 0 Å². The SMILES string of the molecule is CC(=O)N1CC(Nc2cc(C(=O)CC[C@H](O)CN3CCc4c(ccc(OCc5ocnc5C)c4C)C3)nc(N3CCOCC3)n2)C1.S. The van der Waals surface area contributed by atoms with Gasteiger partial charge >= 0.3 is 0 Å². The van der Waals surface area contributed by atoms with E-state index in [0.717, 1.165) is 42.3 Å². The number of aromatic nitrogens is 3. The van der Waals surface area contributed by atoms with Crippen molar-refractivity contribution in [2.24, 2.45) is 0 Å². The molecule has 5 heterocycles. The molecule has 2 fully saturated rings. The zero-order chi connectivity index (χ0) is 32.2. The molecule has 2 saturated heterocycles. The summed E-state index contributed by atoms with van der Waals surface area (Å²) in [4.78, 5) is 44.4. The maximum Gasteiger partial charge on any atom is 0.228 e. The Morgan fingerprint density at radius 2 is 1.94 bits per heavy atom. The average Bonchev–Trinajstić information content (AvgIpc) is 3.45. The van der Waals surface area contributed by atoms with Crippen molar-refractivity contribution in [3.05, 3.63) is 58.4 Å². The molecule has 1 aromatic carbocycles. The number of hydrogen-bond donors (Lipinski definition) is 2.